The Hall–Kier alpha value is -0.780. The van der Waals surface area contributed by atoms with E-state index in [9.17, 15) is 4.79 Å². The van der Waals surface area contributed by atoms with Gasteiger partial charge in [-0.25, -0.2) is 0 Å². The van der Waals surface area contributed by atoms with Gasteiger partial charge in [-0.15, -0.1) is 0 Å². The molecule has 0 spiro atoms. The molecule has 0 aromatic heterocycles. The number of aryl methyl sites for hydroxylation is 1. The average Bonchev–Trinajstić information content (AvgIpc) is 2.06. The highest BCUT2D eigenvalue weighted by Crippen LogP contribution is 2.32. The monoisotopic (exact) mass is 288 g/mol. The van der Waals surface area contributed by atoms with E-state index in [0.29, 0.717) is 6.54 Å². The van der Waals surface area contributed by atoms with Gasteiger partial charge in [-0.2, -0.15) is 0 Å². The van der Waals surface area contributed by atoms with Crippen LogP contribution >= 0.6 is 22.9 Å². The molecule has 2 rings (SSSR count). The maximum atomic E-state index is 11.2. The summed E-state index contributed by atoms with van der Waals surface area (Å²) in [4.78, 5) is 11.2. The number of amides is 1. The number of hydrogen-bond donors (Lipinski definition) is 1. The van der Waals surface area contributed by atoms with Crippen LogP contribution in [0.5, 0.6) is 0 Å². The van der Waals surface area contributed by atoms with Crippen LogP contribution < -0.4 is 8.43 Å². The van der Waals surface area contributed by atoms with Crippen molar-refractivity contribution >= 4 is 40.1 Å². The number of halogens is 1. The van der Waals surface area contributed by atoms with Crippen molar-refractivity contribution in [3.63, 3.8) is 0 Å². The van der Waals surface area contributed by atoms with Crippen molar-refractivity contribution in [2.45, 2.75) is 6.92 Å². The van der Waals surface area contributed by atoms with Gasteiger partial charge in [-0.3, -0.25) is 4.79 Å². The number of carbonyl (C=O) groups is 1. The first kappa shape index (κ1) is 8.80. The number of rotatable bonds is 0. The molecule has 0 radical (unpaired) electrons. The fourth-order valence-corrected chi connectivity index (χ4v) is 2.06. The summed E-state index contributed by atoms with van der Waals surface area (Å²) in [5.41, 5.74) is 3.19. The third kappa shape index (κ3) is 1.63. The number of nitrogens with one attached hydrogen (secondary N) is 1. The number of fused-ring (bicyclic) bond motifs is 1. The first-order valence-corrected chi connectivity index (χ1v) is 4.97. The van der Waals surface area contributed by atoms with Crippen LogP contribution in [0.3, 0.4) is 0 Å². The second-order valence-electron chi connectivity index (χ2n) is 3.09. The van der Waals surface area contributed by atoms with Crippen LogP contribution in [0.15, 0.2) is 18.2 Å². The molecule has 0 atom stereocenters. The Morgan fingerprint density at radius 2 is 2.31 bits per heavy atom. The normalized spacial score (nSPS) is 15.2. The van der Waals surface area contributed by atoms with Gasteiger partial charge in [0.1, 0.15) is 6.54 Å². The van der Waals surface area contributed by atoms with Crippen molar-refractivity contribution in [1.82, 2.24) is 0 Å². The predicted octanol–water partition coefficient (Wildman–Crippen LogP) is 2.10. The summed E-state index contributed by atoms with van der Waals surface area (Å²) in [6, 6.07) is 6.00. The van der Waals surface area contributed by atoms with E-state index in [4.69, 9.17) is 0 Å². The lowest BCUT2D eigenvalue weighted by Gasteiger charge is -2.25. The topological polar surface area (TPSA) is 32.3 Å². The first-order chi connectivity index (χ1) is 6.16. The van der Waals surface area contributed by atoms with Gasteiger partial charge in [-0.1, -0.05) is 6.07 Å². The lowest BCUT2D eigenvalue weighted by Crippen LogP contribution is -2.31. The Bertz CT molecular complexity index is 365. The number of carbonyl (C=O) groups excluding carboxylic acids is 1. The standard InChI is InChI=1S/C9H9IN2O/c1-6-2-3-7-8(4-6)12(10)5-9(13)11-7/h2-4H,5H2,1H3,(H,11,13). The lowest BCUT2D eigenvalue weighted by molar-refractivity contribution is -0.114. The molecule has 13 heavy (non-hydrogen) atoms. The molecule has 0 bridgehead atoms. The Morgan fingerprint density at radius 1 is 1.54 bits per heavy atom. The maximum absolute atomic E-state index is 11.2. The Balaban J connectivity index is 2.49. The van der Waals surface area contributed by atoms with Crippen molar-refractivity contribution in [2.75, 3.05) is 15.0 Å². The number of benzene rings is 1. The van der Waals surface area contributed by atoms with Crippen molar-refractivity contribution in [1.29, 1.82) is 0 Å². The fraction of sp³-hybridized carbons (Fsp3) is 0.222. The quantitative estimate of drug-likeness (QED) is 0.586. The number of nitrogens with zero attached hydrogens (tertiary/aromatic N) is 1. The van der Waals surface area contributed by atoms with Gasteiger partial charge in [0.15, 0.2) is 0 Å². The zero-order chi connectivity index (χ0) is 9.42. The molecule has 1 aliphatic heterocycles. The van der Waals surface area contributed by atoms with E-state index in [0.717, 1.165) is 11.4 Å². The molecule has 0 aliphatic carbocycles. The Kier molecular flexibility index (Phi) is 2.15. The predicted molar refractivity (Wildman–Crippen MR) is 61.2 cm³/mol. The molecule has 0 fully saturated rings. The second-order valence-corrected chi connectivity index (χ2v) is 4.25. The van der Waals surface area contributed by atoms with Crippen LogP contribution in [-0.2, 0) is 4.79 Å². The zero-order valence-corrected chi connectivity index (χ0v) is 9.33. The summed E-state index contributed by atoms with van der Waals surface area (Å²) in [5, 5.41) is 2.83. The summed E-state index contributed by atoms with van der Waals surface area (Å²) in [6.07, 6.45) is 0. The molecule has 1 heterocycles. The molecule has 1 aromatic rings. The Morgan fingerprint density at radius 3 is 3.08 bits per heavy atom. The summed E-state index contributed by atoms with van der Waals surface area (Å²) < 4.78 is 1.93. The maximum Gasteiger partial charge on any atom is 0.244 e. The van der Waals surface area contributed by atoms with E-state index in [1.165, 1.54) is 5.56 Å². The first-order valence-electron chi connectivity index (χ1n) is 4.00. The highest BCUT2D eigenvalue weighted by atomic mass is 127. The number of anilines is 2. The minimum absolute atomic E-state index is 0.0470. The zero-order valence-electron chi connectivity index (χ0n) is 7.17. The van der Waals surface area contributed by atoms with Crippen LogP contribution in [-0.4, -0.2) is 12.5 Å². The van der Waals surface area contributed by atoms with Crippen LogP contribution in [0.25, 0.3) is 0 Å². The molecule has 0 saturated heterocycles. The fourth-order valence-electron chi connectivity index (χ4n) is 1.35. The molecule has 0 saturated carbocycles. The van der Waals surface area contributed by atoms with Crippen molar-refractivity contribution < 1.29 is 4.79 Å². The SMILES string of the molecule is Cc1ccc2c(c1)N(I)CC(=O)N2. The van der Waals surface area contributed by atoms with Crippen molar-refractivity contribution in [3.8, 4) is 0 Å². The molecule has 3 nitrogen and oxygen atoms in total. The molecular weight excluding hydrogens is 279 g/mol. The van der Waals surface area contributed by atoms with Gasteiger partial charge in [0, 0.05) is 0 Å². The van der Waals surface area contributed by atoms with Gasteiger partial charge in [-0.05, 0) is 24.6 Å². The summed E-state index contributed by atoms with van der Waals surface area (Å²) in [5.74, 6) is 0.0470. The van der Waals surface area contributed by atoms with Gasteiger partial charge in [0.2, 0.25) is 5.91 Å². The summed E-state index contributed by atoms with van der Waals surface area (Å²) in [7, 11) is 0. The minimum atomic E-state index is 0.0470. The minimum Gasteiger partial charge on any atom is -0.323 e. The third-order valence-electron chi connectivity index (χ3n) is 1.97. The van der Waals surface area contributed by atoms with E-state index in [1.54, 1.807) is 0 Å². The van der Waals surface area contributed by atoms with Crippen LogP contribution in [0.1, 0.15) is 5.56 Å². The molecule has 68 valence electrons. The summed E-state index contributed by atoms with van der Waals surface area (Å²) in [6.45, 7) is 2.47. The highest BCUT2D eigenvalue weighted by molar-refractivity contribution is 14.1. The lowest BCUT2D eigenvalue weighted by atomic mass is 10.1. The van der Waals surface area contributed by atoms with Gasteiger partial charge < -0.3 is 8.43 Å². The van der Waals surface area contributed by atoms with E-state index < -0.39 is 0 Å². The van der Waals surface area contributed by atoms with E-state index in [2.05, 4.69) is 34.2 Å². The molecule has 4 heteroatoms. The molecule has 0 unspecified atom stereocenters. The average molecular weight is 288 g/mol. The molecule has 1 aliphatic rings. The summed E-state index contributed by atoms with van der Waals surface area (Å²) >= 11 is 2.15. The molecule has 1 N–H and O–H groups in total. The van der Waals surface area contributed by atoms with Gasteiger partial charge in [0.25, 0.3) is 0 Å². The molecule has 1 aromatic carbocycles. The van der Waals surface area contributed by atoms with E-state index >= 15 is 0 Å². The largest absolute Gasteiger partial charge is 0.323 e. The number of hydrogen-bond acceptors (Lipinski definition) is 2. The van der Waals surface area contributed by atoms with Crippen LogP contribution in [0.4, 0.5) is 11.4 Å². The van der Waals surface area contributed by atoms with E-state index in [-0.39, 0.29) is 5.91 Å². The molecular formula is C9H9IN2O. The van der Waals surface area contributed by atoms with Crippen LogP contribution in [0, 0.1) is 6.92 Å². The van der Waals surface area contributed by atoms with Crippen LogP contribution in [0.2, 0.25) is 0 Å². The molecule has 1 amide bonds. The van der Waals surface area contributed by atoms with Gasteiger partial charge >= 0.3 is 0 Å². The van der Waals surface area contributed by atoms with E-state index in [1.807, 2.05) is 22.2 Å². The van der Waals surface area contributed by atoms with Gasteiger partial charge in [0.05, 0.1) is 34.2 Å². The second kappa shape index (κ2) is 3.17. The van der Waals surface area contributed by atoms with Crippen molar-refractivity contribution in [3.05, 3.63) is 23.8 Å². The third-order valence-corrected chi connectivity index (χ3v) is 2.83. The smallest absolute Gasteiger partial charge is 0.244 e. The highest BCUT2D eigenvalue weighted by Gasteiger charge is 2.19. The Labute approximate surface area is 90.6 Å². The van der Waals surface area contributed by atoms with Crippen molar-refractivity contribution in [2.24, 2.45) is 0 Å².